The Morgan fingerprint density at radius 3 is 2.78 bits per heavy atom. The van der Waals surface area contributed by atoms with E-state index in [-0.39, 0.29) is 11.6 Å². The Morgan fingerprint density at radius 1 is 1.56 bits per heavy atom. The number of sulfonamides is 1. The summed E-state index contributed by atoms with van der Waals surface area (Å²) < 4.78 is 26.3. The van der Waals surface area contributed by atoms with E-state index in [0.717, 1.165) is 12.8 Å². The summed E-state index contributed by atoms with van der Waals surface area (Å²) in [5, 5.41) is 15.3. The molecule has 0 spiro atoms. The molecule has 2 rings (SSSR count). The highest BCUT2D eigenvalue weighted by molar-refractivity contribution is 7.89. The molecular formula is C11H19N3O3S. The van der Waals surface area contributed by atoms with Crippen molar-refractivity contribution in [1.29, 1.82) is 0 Å². The molecule has 0 aromatic carbocycles. The average molecular weight is 273 g/mol. The van der Waals surface area contributed by atoms with Crippen LogP contribution in [0.2, 0.25) is 0 Å². The largest absolute Gasteiger partial charge is 0.392 e. The first-order chi connectivity index (χ1) is 8.59. The first-order valence-electron chi connectivity index (χ1n) is 6.22. The zero-order valence-corrected chi connectivity index (χ0v) is 11.3. The van der Waals surface area contributed by atoms with Crippen LogP contribution < -0.4 is 0 Å². The van der Waals surface area contributed by atoms with Crippen LogP contribution in [0, 0.1) is 5.92 Å². The van der Waals surface area contributed by atoms with E-state index in [0.29, 0.717) is 24.6 Å². The van der Waals surface area contributed by atoms with Gasteiger partial charge in [0.1, 0.15) is 0 Å². The van der Waals surface area contributed by atoms with E-state index < -0.39 is 10.0 Å². The molecule has 1 aliphatic rings. The van der Waals surface area contributed by atoms with Gasteiger partial charge in [-0.1, -0.05) is 13.3 Å². The molecule has 6 nitrogen and oxygen atoms in total. The molecule has 102 valence electrons. The number of nitrogens with zero attached hydrogens (tertiary/aromatic N) is 2. The lowest BCUT2D eigenvalue weighted by atomic mass is 9.85. The van der Waals surface area contributed by atoms with Crippen molar-refractivity contribution in [1.82, 2.24) is 14.5 Å². The number of hydrogen-bond acceptors (Lipinski definition) is 4. The second kappa shape index (κ2) is 5.38. The molecule has 1 aromatic heterocycles. The Morgan fingerprint density at radius 2 is 2.28 bits per heavy atom. The van der Waals surface area contributed by atoms with Crippen LogP contribution in [-0.4, -0.2) is 41.1 Å². The Bertz CT molecular complexity index is 493. The normalized spacial score (nSPS) is 17.1. The van der Waals surface area contributed by atoms with E-state index in [1.165, 1.54) is 16.9 Å². The third-order valence-corrected chi connectivity index (χ3v) is 5.44. The first-order valence-corrected chi connectivity index (χ1v) is 7.66. The van der Waals surface area contributed by atoms with Crippen molar-refractivity contribution in [2.24, 2.45) is 5.92 Å². The SMILES string of the molecule is CCN(CC1CCC1)S(=O)(=O)c1[nH]ncc1CO. The fourth-order valence-corrected chi connectivity index (χ4v) is 3.75. The van der Waals surface area contributed by atoms with Gasteiger partial charge in [0.05, 0.1) is 12.8 Å². The monoisotopic (exact) mass is 273 g/mol. The quantitative estimate of drug-likeness (QED) is 0.799. The molecule has 1 heterocycles. The maximum Gasteiger partial charge on any atom is 0.260 e. The van der Waals surface area contributed by atoms with Gasteiger partial charge in [0, 0.05) is 18.7 Å². The van der Waals surface area contributed by atoms with Crippen molar-refractivity contribution in [2.75, 3.05) is 13.1 Å². The minimum atomic E-state index is -3.57. The van der Waals surface area contributed by atoms with Gasteiger partial charge in [-0.3, -0.25) is 5.10 Å². The van der Waals surface area contributed by atoms with Gasteiger partial charge in [0.25, 0.3) is 10.0 Å². The molecule has 0 atom stereocenters. The first kappa shape index (κ1) is 13.5. The van der Waals surface area contributed by atoms with Crippen LogP contribution in [0.15, 0.2) is 11.2 Å². The van der Waals surface area contributed by atoms with Crippen molar-refractivity contribution in [3.05, 3.63) is 11.8 Å². The molecule has 0 amide bonds. The molecule has 1 aromatic rings. The highest BCUT2D eigenvalue weighted by Crippen LogP contribution is 2.29. The highest BCUT2D eigenvalue weighted by Gasteiger charge is 2.31. The van der Waals surface area contributed by atoms with E-state index in [2.05, 4.69) is 10.2 Å². The molecule has 0 unspecified atom stereocenters. The zero-order valence-electron chi connectivity index (χ0n) is 10.5. The fourth-order valence-electron chi connectivity index (χ4n) is 2.12. The van der Waals surface area contributed by atoms with Crippen molar-refractivity contribution in [2.45, 2.75) is 37.8 Å². The Balaban J connectivity index is 2.21. The van der Waals surface area contributed by atoms with Crippen LogP contribution in [-0.2, 0) is 16.6 Å². The minimum absolute atomic E-state index is 0.0196. The van der Waals surface area contributed by atoms with Crippen LogP contribution in [0.3, 0.4) is 0 Å². The molecule has 18 heavy (non-hydrogen) atoms. The molecule has 0 radical (unpaired) electrons. The van der Waals surface area contributed by atoms with Crippen LogP contribution in [0.5, 0.6) is 0 Å². The number of aliphatic hydroxyl groups excluding tert-OH is 1. The van der Waals surface area contributed by atoms with Crippen LogP contribution in [0.1, 0.15) is 31.7 Å². The number of hydrogen-bond donors (Lipinski definition) is 2. The predicted molar refractivity (Wildman–Crippen MR) is 66.3 cm³/mol. The fraction of sp³-hybridized carbons (Fsp3) is 0.727. The van der Waals surface area contributed by atoms with Crippen molar-refractivity contribution >= 4 is 10.0 Å². The average Bonchev–Trinajstić information content (AvgIpc) is 2.76. The summed E-state index contributed by atoms with van der Waals surface area (Å²) in [6, 6.07) is 0. The third kappa shape index (κ3) is 2.43. The number of aromatic amines is 1. The maximum absolute atomic E-state index is 12.4. The number of aromatic nitrogens is 2. The summed E-state index contributed by atoms with van der Waals surface area (Å²) in [5.41, 5.74) is 0.321. The zero-order chi connectivity index (χ0) is 13.2. The topological polar surface area (TPSA) is 86.3 Å². The summed E-state index contributed by atoms with van der Waals surface area (Å²) in [7, 11) is -3.57. The van der Waals surface area contributed by atoms with Crippen molar-refractivity contribution < 1.29 is 13.5 Å². The number of nitrogens with one attached hydrogen (secondary N) is 1. The molecule has 1 aliphatic carbocycles. The van der Waals surface area contributed by atoms with E-state index in [1.807, 2.05) is 6.92 Å². The number of aliphatic hydroxyl groups is 1. The maximum atomic E-state index is 12.4. The molecule has 0 saturated heterocycles. The second-order valence-electron chi connectivity index (χ2n) is 4.64. The van der Waals surface area contributed by atoms with E-state index in [1.54, 1.807) is 0 Å². The highest BCUT2D eigenvalue weighted by atomic mass is 32.2. The summed E-state index contributed by atoms with van der Waals surface area (Å²) in [5.74, 6) is 0.472. The second-order valence-corrected chi connectivity index (χ2v) is 6.51. The standard InChI is InChI=1S/C11H19N3O3S/c1-2-14(7-9-4-3-5-9)18(16,17)11-10(8-15)6-12-13-11/h6,9,15H,2-5,7-8H2,1H3,(H,12,13). The predicted octanol–water partition coefficient (Wildman–Crippen LogP) is 0.713. The molecule has 1 fully saturated rings. The Labute approximate surface area is 107 Å². The summed E-state index contributed by atoms with van der Waals surface area (Å²) in [4.78, 5) is 0. The Hall–Kier alpha value is -0.920. The van der Waals surface area contributed by atoms with Crippen LogP contribution in [0.4, 0.5) is 0 Å². The van der Waals surface area contributed by atoms with Crippen molar-refractivity contribution in [3.8, 4) is 0 Å². The molecule has 0 bridgehead atoms. The Kier molecular flexibility index (Phi) is 4.04. The molecule has 7 heteroatoms. The van der Waals surface area contributed by atoms with Gasteiger partial charge < -0.3 is 5.11 Å². The van der Waals surface area contributed by atoms with Crippen molar-refractivity contribution in [3.63, 3.8) is 0 Å². The molecular weight excluding hydrogens is 254 g/mol. The van der Waals surface area contributed by atoms with E-state index >= 15 is 0 Å². The third-order valence-electron chi connectivity index (χ3n) is 3.49. The van der Waals surface area contributed by atoms with Gasteiger partial charge in [0.15, 0.2) is 5.03 Å². The summed E-state index contributed by atoms with van der Waals surface area (Å²) >= 11 is 0. The minimum Gasteiger partial charge on any atom is -0.392 e. The number of rotatable bonds is 6. The van der Waals surface area contributed by atoms with Gasteiger partial charge in [-0.25, -0.2) is 8.42 Å². The summed E-state index contributed by atoms with van der Waals surface area (Å²) in [6.45, 7) is 2.49. The molecule has 0 aliphatic heterocycles. The van der Waals surface area contributed by atoms with Crippen LogP contribution >= 0.6 is 0 Å². The lowest BCUT2D eigenvalue weighted by Gasteiger charge is -2.30. The van der Waals surface area contributed by atoms with Gasteiger partial charge in [-0.05, 0) is 18.8 Å². The lowest BCUT2D eigenvalue weighted by molar-refractivity contribution is 0.248. The lowest BCUT2D eigenvalue weighted by Crippen LogP contribution is -2.37. The van der Waals surface area contributed by atoms with E-state index in [4.69, 9.17) is 5.11 Å². The van der Waals surface area contributed by atoms with E-state index in [9.17, 15) is 8.42 Å². The van der Waals surface area contributed by atoms with Gasteiger partial charge >= 0.3 is 0 Å². The van der Waals surface area contributed by atoms with Gasteiger partial charge in [-0.15, -0.1) is 0 Å². The van der Waals surface area contributed by atoms with Gasteiger partial charge in [-0.2, -0.15) is 9.40 Å². The molecule has 2 N–H and O–H groups in total. The van der Waals surface area contributed by atoms with Crippen LogP contribution in [0.25, 0.3) is 0 Å². The smallest absolute Gasteiger partial charge is 0.260 e. The molecule has 1 saturated carbocycles. The number of H-pyrrole nitrogens is 1. The summed E-state index contributed by atoms with van der Waals surface area (Å²) in [6.07, 6.45) is 4.74. The van der Waals surface area contributed by atoms with Gasteiger partial charge in [0.2, 0.25) is 0 Å².